The van der Waals surface area contributed by atoms with E-state index >= 15 is 0 Å². The molecule has 2 aromatic rings. The van der Waals surface area contributed by atoms with E-state index in [1.807, 2.05) is 6.07 Å². The molecule has 0 N–H and O–H groups in total. The van der Waals surface area contributed by atoms with E-state index in [9.17, 15) is 0 Å². The molecule has 0 saturated carbocycles. The summed E-state index contributed by atoms with van der Waals surface area (Å²) in [6.07, 6.45) is 4.32. The molecule has 0 aliphatic carbocycles. The molecule has 0 aliphatic rings. The van der Waals surface area contributed by atoms with Crippen LogP contribution in [0.5, 0.6) is 23.0 Å². The van der Waals surface area contributed by atoms with E-state index in [0.29, 0.717) is 23.0 Å². The highest BCUT2D eigenvalue weighted by Gasteiger charge is 2.05. The highest BCUT2D eigenvalue weighted by Crippen LogP contribution is 2.32. The Morgan fingerprint density at radius 3 is 2.47 bits per heavy atom. The largest absolute Gasteiger partial charge is 0.493 e. The van der Waals surface area contributed by atoms with Crippen LogP contribution in [0.25, 0.3) is 0 Å². The van der Waals surface area contributed by atoms with Crippen LogP contribution in [0, 0.1) is 6.20 Å². The third-order valence-electron chi connectivity index (χ3n) is 2.19. The first-order valence-electron chi connectivity index (χ1n) is 5.05. The van der Waals surface area contributed by atoms with Crippen LogP contribution in [0.3, 0.4) is 0 Å². The third kappa shape index (κ3) is 2.66. The van der Waals surface area contributed by atoms with Crippen molar-refractivity contribution in [3.05, 3.63) is 42.7 Å². The monoisotopic (exact) mass is 230 g/mol. The van der Waals surface area contributed by atoms with Crippen LogP contribution in [-0.4, -0.2) is 19.2 Å². The van der Waals surface area contributed by atoms with Crippen molar-refractivity contribution in [3.8, 4) is 23.0 Å². The summed E-state index contributed by atoms with van der Waals surface area (Å²) in [6.45, 7) is 0. The zero-order valence-corrected chi connectivity index (χ0v) is 9.64. The van der Waals surface area contributed by atoms with Gasteiger partial charge in [-0.1, -0.05) is 0 Å². The van der Waals surface area contributed by atoms with Crippen LogP contribution in [0.15, 0.2) is 36.5 Å². The maximum Gasteiger partial charge on any atom is 0.164 e. The Morgan fingerprint density at radius 2 is 1.82 bits per heavy atom. The van der Waals surface area contributed by atoms with Gasteiger partial charge in [0.05, 0.1) is 20.4 Å². The molecule has 0 unspecified atom stereocenters. The Morgan fingerprint density at radius 1 is 1.00 bits per heavy atom. The number of hydrogen-bond donors (Lipinski definition) is 0. The molecule has 4 nitrogen and oxygen atoms in total. The lowest BCUT2D eigenvalue weighted by atomic mass is 10.3. The second-order valence-corrected chi connectivity index (χ2v) is 3.24. The van der Waals surface area contributed by atoms with Crippen molar-refractivity contribution in [1.82, 2.24) is 4.98 Å². The van der Waals surface area contributed by atoms with E-state index < -0.39 is 0 Å². The molecule has 1 heterocycles. The van der Waals surface area contributed by atoms with Crippen LogP contribution in [-0.2, 0) is 0 Å². The van der Waals surface area contributed by atoms with Gasteiger partial charge in [0.25, 0.3) is 0 Å². The Labute approximate surface area is 99.8 Å². The van der Waals surface area contributed by atoms with Crippen molar-refractivity contribution in [3.63, 3.8) is 0 Å². The summed E-state index contributed by atoms with van der Waals surface area (Å²) in [4.78, 5) is 3.80. The molecular formula is C13H12NO3. The molecule has 87 valence electrons. The van der Waals surface area contributed by atoms with E-state index in [2.05, 4.69) is 11.2 Å². The zero-order chi connectivity index (χ0) is 12.1. The molecule has 1 radical (unpaired) electrons. The van der Waals surface area contributed by atoms with Gasteiger partial charge in [-0.15, -0.1) is 0 Å². The summed E-state index contributed by atoms with van der Waals surface area (Å²) >= 11 is 0. The second-order valence-electron chi connectivity index (χ2n) is 3.24. The van der Waals surface area contributed by atoms with Gasteiger partial charge in [0.1, 0.15) is 11.5 Å². The fraction of sp³-hybridized carbons (Fsp3) is 0.154. The highest BCUT2D eigenvalue weighted by atomic mass is 16.5. The summed E-state index contributed by atoms with van der Waals surface area (Å²) < 4.78 is 15.9. The molecule has 0 fully saturated rings. The molecule has 4 heteroatoms. The van der Waals surface area contributed by atoms with Crippen LogP contribution in [0.2, 0.25) is 0 Å². The smallest absolute Gasteiger partial charge is 0.164 e. The fourth-order valence-electron chi connectivity index (χ4n) is 1.38. The molecular weight excluding hydrogens is 218 g/mol. The number of pyridine rings is 1. The third-order valence-corrected chi connectivity index (χ3v) is 2.19. The van der Waals surface area contributed by atoms with E-state index in [1.54, 1.807) is 44.7 Å². The quantitative estimate of drug-likeness (QED) is 0.809. The van der Waals surface area contributed by atoms with E-state index in [-0.39, 0.29) is 0 Å². The van der Waals surface area contributed by atoms with Crippen LogP contribution in [0.4, 0.5) is 0 Å². The lowest BCUT2D eigenvalue weighted by Crippen LogP contribution is -1.91. The van der Waals surface area contributed by atoms with Gasteiger partial charge in [-0.05, 0) is 18.2 Å². The van der Waals surface area contributed by atoms with E-state index in [4.69, 9.17) is 14.2 Å². The predicted octanol–water partition coefficient (Wildman–Crippen LogP) is 2.69. The molecule has 1 aromatic carbocycles. The maximum atomic E-state index is 5.61. The van der Waals surface area contributed by atoms with Gasteiger partial charge in [0, 0.05) is 18.3 Å². The van der Waals surface area contributed by atoms with Crippen LogP contribution >= 0.6 is 0 Å². The maximum absolute atomic E-state index is 5.61. The van der Waals surface area contributed by atoms with Crippen molar-refractivity contribution < 1.29 is 14.2 Å². The van der Waals surface area contributed by atoms with E-state index in [0.717, 1.165) is 0 Å². The molecule has 2 rings (SSSR count). The molecule has 0 amide bonds. The van der Waals surface area contributed by atoms with Gasteiger partial charge in [-0.2, -0.15) is 0 Å². The van der Waals surface area contributed by atoms with Crippen molar-refractivity contribution in [2.24, 2.45) is 0 Å². The van der Waals surface area contributed by atoms with Gasteiger partial charge >= 0.3 is 0 Å². The first-order chi connectivity index (χ1) is 8.33. The Bertz CT molecular complexity index is 485. The number of aromatic nitrogens is 1. The normalized spacial score (nSPS) is 9.76. The minimum Gasteiger partial charge on any atom is -0.493 e. The Kier molecular flexibility index (Phi) is 3.45. The van der Waals surface area contributed by atoms with Gasteiger partial charge in [-0.25, -0.2) is 0 Å². The van der Waals surface area contributed by atoms with Crippen LogP contribution < -0.4 is 14.2 Å². The zero-order valence-electron chi connectivity index (χ0n) is 9.64. The summed E-state index contributed by atoms with van der Waals surface area (Å²) in [5.74, 6) is 2.64. The average molecular weight is 230 g/mol. The van der Waals surface area contributed by atoms with Crippen molar-refractivity contribution in [2.45, 2.75) is 0 Å². The lowest BCUT2D eigenvalue weighted by molar-refractivity contribution is 0.352. The summed E-state index contributed by atoms with van der Waals surface area (Å²) in [5.41, 5.74) is 0. The van der Waals surface area contributed by atoms with Gasteiger partial charge in [-0.3, -0.25) is 4.98 Å². The van der Waals surface area contributed by atoms with E-state index in [1.165, 1.54) is 0 Å². The highest BCUT2D eigenvalue weighted by molar-refractivity contribution is 5.46. The molecule has 1 aromatic heterocycles. The van der Waals surface area contributed by atoms with Crippen LogP contribution in [0.1, 0.15) is 0 Å². The Balaban J connectivity index is 2.22. The minimum absolute atomic E-state index is 0.628. The minimum atomic E-state index is 0.628. The van der Waals surface area contributed by atoms with Crippen molar-refractivity contribution in [2.75, 3.05) is 14.2 Å². The molecule has 0 saturated heterocycles. The molecule has 0 spiro atoms. The lowest BCUT2D eigenvalue weighted by Gasteiger charge is -2.10. The Hall–Kier alpha value is -2.23. The molecule has 0 atom stereocenters. The summed E-state index contributed by atoms with van der Waals surface area (Å²) in [7, 11) is 3.18. The fourth-order valence-corrected chi connectivity index (χ4v) is 1.38. The van der Waals surface area contributed by atoms with Crippen molar-refractivity contribution in [1.29, 1.82) is 0 Å². The number of benzene rings is 1. The molecule has 17 heavy (non-hydrogen) atoms. The van der Waals surface area contributed by atoms with Gasteiger partial charge < -0.3 is 14.2 Å². The topological polar surface area (TPSA) is 40.6 Å². The molecule has 0 aliphatic heterocycles. The number of nitrogens with zero attached hydrogens (tertiary/aromatic N) is 1. The summed E-state index contributed by atoms with van der Waals surface area (Å²) in [6, 6.07) is 8.78. The second kappa shape index (κ2) is 5.21. The van der Waals surface area contributed by atoms with Gasteiger partial charge in [0.15, 0.2) is 11.5 Å². The molecule has 0 bridgehead atoms. The summed E-state index contributed by atoms with van der Waals surface area (Å²) in [5, 5.41) is 0. The number of ether oxygens (including phenoxy) is 3. The number of hydrogen-bond acceptors (Lipinski definition) is 4. The first kappa shape index (κ1) is 11.3. The predicted molar refractivity (Wildman–Crippen MR) is 62.7 cm³/mol. The van der Waals surface area contributed by atoms with Gasteiger partial charge in [0.2, 0.25) is 0 Å². The average Bonchev–Trinajstić information content (AvgIpc) is 2.40. The SMILES string of the molecule is COc1ccc(Oc2c[c]ncc2)cc1OC. The number of methoxy groups -OCH3 is 2. The number of rotatable bonds is 4. The standard InChI is InChI=1S/C13H12NO3/c1-15-12-4-3-11(9-13(12)16-2)17-10-5-7-14-8-6-10/h3-7,9H,1-2H3. The first-order valence-corrected chi connectivity index (χ1v) is 5.05. The van der Waals surface area contributed by atoms with Crippen molar-refractivity contribution >= 4 is 0 Å².